The van der Waals surface area contributed by atoms with Crippen LogP contribution in [-0.2, 0) is 16.1 Å². The zero-order chi connectivity index (χ0) is 24.6. The van der Waals surface area contributed by atoms with Crippen LogP contribution < -0.4 is 0 Å². The van der Waals surface area contributed by atoms with Crippen LogP contribution in [0, 0.1) is 5.92 Å². The first kappa shape index (κ1) is 24.3. The summed E-state index contributed by atoms with van der Waals surface area (Å²) in [6.45, 7) is 6.95. The lowest BCUT2D eigenvalue weighted by Crippen LogP contribution is -2.51. The molecule has 3 amide bonds. The van der Waals surface area contributed by atoms with Crippen molar-refractivity contribution in [2.24, 2.45) is 5.92 Å². The summed E-state index contributed by atoms with van der Waals surface area (Å²) in [5.74, 6) is 0.0635. The normalized spacial score (nSPS) is 26.2. The molecule has 3 atom stereocenters. The van der Waals surface area contributed by atoms with Gasteiger partial charge in [0.15, 0.2) is 0 Å². The molecule has 3 saturated heterocycles. The van der Waals surface area contributed by atoms with E-state index in [1.165, 1.54) is 9.80 Å². The summed E-state index contributed by atoms with van der Waals surface area (Å²) in [7, 11) is 0. The van der Waals surface area contributed by atoms with Gasteiger partial charge in [-0.2, -0.15) is 0 Å². The van der Waals surface area contributed by atoms with Crippen molar-refractivity contribution in [3.8, 4) is 0 Å². The number of benzene rings is 1. The van der Waals surface area contributed by atoms with Gasteiger partial charge < -0.3 is 9.64 Å². The fraction of sp³-hybridized carbons (Fsp3) is 0.519. The summed E-state index contributed by atoms with van der Waals surface area (Å²) in [5, 5.41) is 0. The largest absolute Gasteiger partial charge is 0.379 e. The Labute approximate surface area is 211 Å². The van der Waals surface area contributed by atoms with Gasteiger partial charge in [-0.25, -0.2) is 4.79 Å². The number of carbonyl (C=O) groups excluding carboxylic acids is 2. The van der Waals surface area contributed by atoms with Crippen LogP contribution in [0.2, 0.25) is 0 Å². The van der Waals surface area contributed by atoms with Crippen LogP contribution >= 0.6 is 11.8 Å². The second-order valence-electron chi connectivity index (χ2n) is 10.0. The topological polar surface area (TPSA) is 66.0 Å². The van der Waals surface area contributed by atoms with Crippen molar-refractivity contribution in [3.63, 3.8) is 0 Å². The van der Waals surface area contributed by atoms with E-state index in [0.29, 0.717) is 32.7 Å². The Hall–Kier alpha value is -2.42. The van der Waals surface area contributed by atoms with Crippen molar-refractivity contribution in [1.82, 2.24) is 19.7 Å². The Bertz CT molecular complexity index is 1060. The van der Waals surface area contributed by atoms with Crippen molar-refractivity contribution in [2.45, 2.75) is 55.8 Å². The molecule has 0 N–H and O–H groups in total. The van der Waals surface area contributed by atoms with Crippen molar-refractivity contribution in [3.05, 3.63) is 59.9 Å². The number of urea groups is 1. The Balaban J connectivity index is 1.42. The molecular formula is C27H34N4O3S. The first-order chi connectivity index (χ1) is 16.9. The third kappa shape index (κ3) is 4.36. The molecule has 1 aromatic carbocycles. The van der Waals surface area contributed by atoms with Crippen molar-refractivity contribution in [1.29, 1.82) is 0 Å². The number of ether oxygens (including phenoxy) is 1. The van der Waals surface area contributed by atoms with E-state index in [1.807, 2.05) is 36.9 Å². The van der Waals surface area contributed by atoms with Gasteiger partial charge in [-0.3, -0.25) is 19.6 Å². The molecule has 0 aliphatic carbocycles. The third-order valence-electron chi connectivity index (χ3n) is 7.51. The maximum absolute atomic E-state index is 14.0. The van der Waals surface area contributed by atoms with Gasteiger partial charge in [0.25, 0.3) is 5.91 Å². The van der Waals surface area contributed by atoms with Gasteiger partial charge in [0.05, 0.1) is 17.8 Å². The highest BCUT2D eigenvalue weighted by atomic mass is 32.2. The number of nitrogens with zero attached hydrogens (tertiary/aromatic N) is 4. The van der Waals surface area contributed by atoms with Gasteiger partial charge in [-0.1, -0.05) is 18.2 Å². The van der Waals surface area contributed by atoms with Gasteiger partial charge in [0.1, 0.15) is 5.54 Å². The molecule has 5 rings (SSSR count). The summed E-state index contributed by atoms with van der Waals surface area (Å²) in [6, 6.07) is 14.1. The standard InChI is InChI=1S/C27H34N4O3S/c1-19(2)34-14-6-13-30-25(32)27-18-29(17-22-7-4-5-12-28-22)16-21(27)15-24(31(27)26(30)33)20-8-10-23(35-3)11-9-20/h4-5,7-12,19,21,24H,6,13-18H2,1-3H3/t21-,24-,27+/m0/s1. The number of pyridine rings is 1. The minimum atomic E-state index is -0.798. The van der Waals surface area contributed by atoms with E-state index in [1.54, 1.807) is 18.0 Å². The number of hydrogen-bond acceptors (Lipinski definition) is 6. The summed E-state index contributed by atoms with van der Waals surface area (Å²) in [4.78, 5) is 39.2. The second-order valence-corrected chi connectivity index (χ2v) is 10.9. The number of carbonyl (C=O) groups is 2. The number of hydrogen-bond donors (Lipinski definition) is 0. The van der Waals surface area contributed by atoms with Crippen molar-refractivity contribution >= 4 is 23.7 Å². The van der Waals surface area contributed by atoms with Gasteiger partial charge >= 0.3 is 6.03 Å². The fourth-order valence-electron chi connectivity index (χ4n) is 5.98. The molecule has 3 aliphatic rings. The Kier molecular flexibility index (Phi) is 6.88. The van der Waals surface area contributed by atoms with Crippen LogP contribution in [0.4, 0.5) is 4.79 Å². The maximum atomic E-state index is 14.0. The predicted molar refractivity (Wildman–Crippen MR) is 136 cm³/mol. The molecule has 35 heavy (non-hydrogen) atoms. The molecule has 1 spiro atoms. The fourth-order valence-corrected chi connectivity index (χ4v) is 6.39. The molecular weight excluding hydrogens is 460 g/mol. The molecule has 0 bridgehead atoms. The molecule has 0 radical (unpaired) electrons. The lowest BCUT2D eigenvalue weighted by atomic mass is 9.87. The highest BCUT2D eigenvalue weighted by Crippen LogP contribution is 2.54. The van der Waals surface area contributed by atoms with Crippen LogP contribution in [0.5, 0.6) is 0 Å². The first-order valence-electron chi connectivity index (χ1n) is 12.5. The average Bonchev–Trinajstić information content (AvgIpc) is 3.43. The minimum Gasteiger partial charge on any atom is -0.379 e. The number of imide groups is 1. The van der Waals surface area contributed by atoms with Gasteiger partial charge in [0, 0.05) is 49.8 Å². The van der Waals surface area contributed by atoms with Gasteiger partial charge in [-0.05, 0) is 62.8 Å². The highest BCUT2D eigenvalue weighted by molar-refractivity contribution is 7.98. The lowest BCUT2D eigenvalue weighted by Gasteiger charge is -2.32. The van der Waals surface area contributed by atoms with Gasteiger partial charge in [0.2, 0.25) is 0 Å². The molecule has 3 aliphatic heterocycles. The molecule has 2 aromatic rings. The average molecular weight is 495 g/mol. The second kappa shape index (κ2) is 9.91. The van der Waals surface area contributed by atoms with Crippen LogP contribution in [0.3, 0.4) is 0 Å². The first-order valence-corrected chi connectivity index (χ1v) is 13.7. The molecule has 0 unspecified atom stereocenters. The number of amides is 3. The highest BCUT2D eigenvalue weighted by Gasteiger charge is 2.70. The SMILES string of the molecule is CSc1ccc([C@@H]2C[C@H]3CN(Cc4ccccn4)C[C@]34C(=O)N(CCCOC(C)C)C(=O)N24)cc1. The van der Waals surface area contributed by atoms with Crippen LogP contribution in [0.1, 0.15) is 44.0 Å². The summed E-state index contributed by atoms with van der Waals surface area (Å²) in [6.07, 6.45) is 5.45. The van der Waals surface area contributed by atoms with E-state index in [2.05, 4.69) is 40.4 Å². The molecule has 186 valence electrons. The summed E-state index contributed by atoms with van der Waals surface area (Å²) < 4.78 is 5.67. The van der Waals surface area contributed by atoms with E-state index in [4.69, 9.17) is 4.74 Å². The zero-order valence-corrected chi connectivity index (χ0v) is 21.5. The monoisotopic (exact) mass is 494 g/mol. The Morgan fingerprint density at radius 2 is 1.97 bits per heavy atom. The summed E-state index contributed by atoms with van der Waals surface area (Å²) in [5.41, 5.74) is 1.30. The molecule has 8 heteroatoms. The Morgan fingerprint density at radius 1 is 1.17 bits per heavy atom. The molecule has 7 nitrogen and oxygen atoms in total. The van der Waals surface area contributed by atoms with Crippen LogP contribution in [-0.4, -0.2) is 75.8 Å². The maximum Gasteiger partial charge on any atom is 0.328 e. The smallest absolute Gasteiger partial charge is 0.328 e. The van der Waals surface area contributed by atoms with E-state index in [0.717, 1.165) is 24.2 Å². The van der Waals surface area contributed by atoms with Crippen LogP contribution in [0.15, 0.2) is 53.6 Å². The third-order valence-corrected chi connectivity index (χ3v) is 8.25. The quantitative estimate of drug-likeness (QED) is 0.296. The Morgan fingerprint density at radius 3 is 2.66 bits per heavy atom. The lowest BCUT2D eigenvalue weighted by molar-refractivity contribution is -0.133. The summed E-state index contributed by atoms with van der Waals surface area (Å²) >= 11 is 1.70. The van der Waals surface area contributed by atoms with E-state index in [-0.39, 0.29) is 30.0 Å². The van der Waals surface area contributed by atoms with E-state index in [9.17, 15) is 9.59 Å². The van der Waals surface area contributed by atoms with Gasteiger partial charge in [-0.15, -0.1) is 11.8 Å². The predicted octanol–water partition coefficient (Wildman–Crippen LogP) is 4.20. The number of likely N-dealkylation sites (tertiary alicyclic amines) is 1. The van der Waals surface area contributed by atoms with Crippen molar-refractivity contribution in [2.75, 3.05) is 32.5 Å². The molecule has 1 aromatic heterocycles. The molecule has 4 heterocycles. The van der Waals surface area contributed by atoms with Crippen LogP contribution in [0.25, 0.3) is 0 Å². The number of thioether (sulfide) groups is 1. The van der Waals surface area contributed by atoms with Crippen molar-refractivity contribution < 1.29 is 14.3 Å². The minimum absolute atomic E-state index is 0.0381. The number of rotatable bonds is 9. The molecule has 0 saturated carbocycles. The molecule has 3 fully saturated rings. The zero-order valence-electron chi connectivity index (χ0n) is 20.7. The number of aromatic nitrogens is 1. The van der Waals surface area contributed by atoms with E-state index >= 15 is 0 Å². The van der Waals surface area contributed by atoms with E-state index < -0.39 is 5.54 Å².